The molecule has 0 bridgehead atoms. The van der Waals surface area contributed by atoms with E-state index in [4.69, 9.17) is 14.6 Å². The number of aromatic nitrogens is 1. The van der Waals surface area contributed by atoms with Crippen molar-refractivity contribution < 1.29 is 19.4 Å². The fourth-order valence-corrected chi connectivity index (χ4v) is 1.52. The SMILES string of the molecule is CCOc1cccnc1Oc1cccc(C(=O)O)c1. The van der Waals surface area contributed by atoms with Crippen LogP contribution in [0.2, 0.25) is 0 Å². The number of carboxylic acid groups (broad SMARTS) is 1. The van der Waals surface area contributed by atoms with Gasteiger partial charge in [-0.05, 0) is 37.3 Å². The minimum Gasteiger partial charge on any atom is -0.488 e. The third-order valence-corrected chi connectivity index (χ3v) is 2.33. The van der Waals surface area contributed by atoms with Crippen LogP contribution in [-0.2, 0) is 0 Å². The number of benzene rings is 1. The monoisotopic (exact) mass is 259 g/mol. The summed E-state index contributed by atoms with van der Waals surface area (Å²) in [6, 6.07) is 9.70. The average molecular weight is 259 g/mol. The third-order valence-electron chi connectivity index (χ3n) is 2.33. The summed E-state index contributed by atoms with van der Waals surface area (Å²) in [5.41, 5.74) is 0.159. The van der Waals surface area contributed by atoms with E-state index in [1.165, 1.54) is 12.1 Å². The second kappa shape index (κ2) is 5.86. The first-order valence-electron chi connectivity index (χ1n) is 5.79. The van der Waals surface area contributed by atoms with Crippen molar-refractivity contribution in [2.24, 2.45) is 0 Å². The molecule has 0 amide bonds. The van der Waals surface area contributed by atoms with E-state index in [0.29, 0.717) is 24.0 Å². The van der Waals surface area contributed by atoms with Gasteiger partial charge in [-0.3, -0.25) is 0 Å². The zero-order valence-electron chi connectivity index (χ0n) is 10.4. The zero-order chi connectivity index (χ0) is 13.7. The molecular weight excluding hydrogens is 246 g/mol. The van der Waals surface area contributed by atoms with Gasteiger partial charge in [-0.1, -0.05) is 6.07 Å². The molecule has 0 spiro atoms. The second-order valence-corrected chi connectivity index (χ2v) is 3.67. The molecule has 0 atom stereocenters. The molecule has 0 aliphatic rings. The van der Waals surface area contributed by atoms with Gasteiger partial charge in [0.2, 0.25) is 0 Å². The predicted molar refractivity (Wildman–Crippen MR) is 68.9 cm³/mol. The lowest BCUT2D eigenvalue weighted by molar-refractivity contribution is 0.0696. The molecule has 0 aliphatic heterocycles. The van der Waals surface area contributed by atoms with Crippen molar-refractivity contribution >= 4 is 5.97 Å². The number of rotatable bonds is 5. The van der Waals surface area contributed by atoms with Crippen LogP contribution in [0.4, 0.5) is 0 Å². The molecule has 0 fully saturated rings. The van der Waals surface area contributed by atoms with Gasteiger partial charge >= 0.3 is 5.97 Å². The number of pyridine rings is 1. The standard InChI is InChI=1S/C14H13NO4/c1-2-18-12-7-4-8-15-13(12)19-11-6-3-5-10(9-11)14(16)17/h3-9H,2H2,1H3,(H,16,17). The van der Waals surface area contributed by atoms with Gasteiger partial charge in [0.25, 0.3) is 5.88 Å². The molecule has 0 saturated heterocycles. The first-order chi connectivity index (χ1) is 9.20. The van der Waals surface area contributed by atoms with Gasteiger partial charge in [0.15, 0.2) is 5.75 Å². The van der Waals surface area contributed by atoms with Crippen molar-refractivity contribution in [3.8, 4) is 17.4 Å². The average Bonchev–Trinajstić information content (AvgIpc) is 2.41. The van der Waals surface area contributed by atoms with Crippen LogP contribution < -0.4 is 9.47 Å². The van der Waals surface area contributed by atoms with Gasteiger partial charge in [-0.15, -0.1) is 0 Å². The number of nitrogens with zero attached hydrogens (tertiary/aromatic N) is 1. The van der Waals surface area contributed by atoms with E-state index in [1.807, 2.05) is 6.92 Å². The second-order valence-electron chi connectivity index (χ2n) is 3.67. The number of carboxylic acids is 1. The molecule has 1 heterocycles. The number of ether oxygens (including phenoxy) is 2. The fourth-order valence-electron chi connectivity index (χ4n) is 1.52. The molecule has 1 aromatic carbocycles. The quantitative estimate of drug-likeness (QED) is 0.893. The molecule has 5 nitrogen and oxygen atoms in total. The first-order valence-corrected chi connectivity index (χ1v) is 5.79. The van der Waals surface area contributed by atoms with Crippen LogP contribution in [0.1, 0.15) is 17.3 Å². The summed E-state index contributed by atoms with van der Waals surface area (Å²) in [6.07, 6.45) is 1.58. The van der Waals surface area contributed by atoms with Crippen molar-refractivity contribution in [1.82, 2.24) is 4.98 Å². The van der Waals surface area contributed by atoms with Crippen LogP contribution in [0.5, 0.6) is 17.4 Å². The Bertz CT molecular complexity index is 583. The van der Waals surface area contributed by atoms with Crippen LogP contribution in [-0.4, -0.2) is 22.7 Å². The molecule has 2 aromatic rings. The molecular formula is C14H13NO4. The molecule has 19 heavy (non-hydrogen) atoms. The smallest absolute Gasteiger partial charge is 0.335 e. The highest BCUT2D eigenvalue weighted by Gasteiger charge is 2.09. The number of hydrogen-bond donors (Lipinski definition) is 1. The van der Waals surface area contributed by atoms with Crippen molar-refractivity contribution in [2.45, 2.75) is 6.92 Å². The van der Waals surface area contributed by atoms with Gasteiger partial charge in [0.1, 0.15) is 5.75 Å². The Hall–Kier alpha value is -2.56. The van der Waals surface area contributed by atoms with Gasteiger partial charge in [0.05, 0.1) is 12.2 Å². The van der Waals surface area contributed by atoms with Crippen LogP contribution >= 0.6 is 0 Å². The van der Waals surface area contributed by atoms with E-state index in [-0.39, 0.29) is 5.56 Å². The van der Waals surface area contributed by atoms with E-state index in [0.717, 1.165) is 0 Å². The molecule has 0 radical (unpaired) electrons. The molecule has 0 unspecified atom stereocenters. The lowest BCUT2D eigenvalue weighted by Crippen LogP contribution is -1.98. The van der Waals surface area contributed by atoms with E-state index in [1.54, 1.807) is 30.5 Å². The molecule has 0 saturated carbocycles. The van der Waals surface area contributed by atoms with Gasteiger partial charge in [-0.25, -0.2) is 9.78 Å². The van der Waals surface area contributed by atoms with Crippen LogP contribution in [0.25, 0.3) is 0 Å². The molecule has 98 valence electrons. The molecule has 1 N–H and O–H groups in total. The number of carbonyl (C=O) groups is 1. The third kappa shape index (κ3) is 3.22. The van der Waals surface area contributed by atoms with Crippen LogP contribution in [0.3, 0.4) is 0 Å². The Labute approximate surface area is 110 Å². The summed E-state index contributed by atoms with van der Waals surface area (Å²) in [4.78, 5) is 15.0. The first kappa shape index (κ1) is 12.9. The summed E-state index contributed by atoms with van der Waals surface area (Å²) in [6.45, 7) is 2.36. The van der Waals surface area contributed by atoms with Gasteiger partial charge in [-0.2, -0.15) is 0 Å². The molecule has 2 rings (SSSR count). The van der Waals surface area contributed by atoms with Crippen LogP contribution in [0.15, 0.2) is 42.6 Å². The fraction of sp³-hybridized carbons (Fsp3) is 0.143. The van der Waals surface area contributed by atoms with E-state index >= 15 is 0 Å². The van der Waals surface area contributed by atoms with E-state index in [9.17, 15) is 4.79 Å². The summed E-state index contributed by atoms with van der Waals surface area (Å²) < 4.78 is 10.9. The summed E-state index contributed by atoms with van der Waals surface area (Å²) in [7, 11) is 0. The lowest BCUT2D eigenvalue weighted by Gasteiger charge is -2.10. The largest absolute Gasteiger partial charge is 0.488 e. The topological polar surface area (TPSA) is 68.7 Å². The Morgan fingerprint density at radius 1 is 1.32 bits per heavy atom. The van der Waals surface area contributed by atoms with Gasteiger partial charge in [0, 0.05) is 6.20 Å². The molecule has 0 aliphatic carbocycles. The highest BCUT2D eigenvalue weighted by atomic mass is 16.5. The lowest BCUT2D eigenvalue weighted by atomic mass is 10.2. The maximum Gasteiger partial charge on any atom is 0.335 e. The summed E-state index contributed by atoms with van der Waals surface area (Å²) in [5.74, 6) is 0.230. The number of aromatic carboxylic acids is 1. The minimum atomic E-state index is -1.00. The Kier molecular flexibility index (Phi) is 3.97. The summed E-state index contributed by atoms with van der Waals surface area (Å²) >= 11 is 0. The van der Waals surface area contributed by atoms with Crippen molar-refractivity contribution in [3.05, 3.63) is 48.2 Å². The maximum atomic E-state index is 10.9. The summed E-state index contributed by atoms with van der Waals surface area (Å²) in [5, 5.41) is 8.92. The Morgan fingerprint density at radius 2 is 2.16 bits per heavy atom. The minimum absolute atomic E-state index is 0.159. The van der Waals surface area contributed by atoms with Crippen molar-refractivity contribution in [2.75, 3.05) is 6.61 Å². The normalized spacial score (nSPS) is 9.95. The Balaban J connectivity index is 2.26. The van der Waals surface area contributed by atoms with E-state index in [2.05, 4.69) is 4.98 Å². The highest BCUT2D eigenvalue weighted by Crippen LogP contribution is 2.29. The van der Waals surface area contributed by atoms with Gasteiger partial charge < -0.3 is 14.6 Å². The predicted octanol–water partition coefficient (Wildman–Crippen LogP) is 2.97. The highest BCUT2D eigenvalue weighted by molar-refractivity contribution is 5.88. The van der Waals surface area contributed by atoms with E-state index < -0.39 is 5.97 Å². The van der Waals surface area contributed by atoms with Crippen molar-refractivity contribution in [1.29, 1.82) is 0 Å². The Morgan fingerprint density at radius 3 is 2.89 bits per heavy atom. The molecule has 5 heteroatoms. The van der Waals surface area contributed by atoms with Crippen molar-refractivity contribution in [3.63, 3.8) is 0 Å². The molecule has 1 aromatic heterocycles. The number of hydrogen-bond acceptors (Lipinski definition) is 4. The zero-order valence-corrected chi connectivity index (χ0v) is 10.4. The maximum absolute atomic E-state index is 10.9. The van der Waals surface area contributed by atoms with Crippen LogP contribution in [0, 0.1) is 0 Å².